The molecule has 0 bridgehead atoms. The molecule has 110 valence electrons. The Morgan fingerprint density at radius 1 is 1.19 bits per heavy atom. The Bertz CT molecular complexity index is 613. The number of nitrogens with two attached hydrogens (primary N) is 1. The van der Waals surface area contributed by atoms with Crippen molar-refractivity contribution in [3.8, 4) is 5.75 Å². The molecule has 0 spiro atoms. The van der Waals surface area contributed by atoms with E-state index in [1.807, 2.05) is 48.5 Å². The number of hydrogen-bond acceptors (Lipinski definition) is 3. The van der Waals surface area contributed by atoms with E-state index in [1.54, 1.807) is 0 Å². The van der Waals surface area contributed by atoms with Crippen molar-refractivity contribution in [3.63, 3.8) is 0 Å². The van der Waals surface area contributed by atoms with E-state index < -0.39 is 12.0 Å². The zero-order chi connectivity index (χ0) is 15.2. The van der Waals surface area contributed by atoms with Gasteiger partial charge in [0.2, 0.25) is 0 Å². The molecule has 0 radical (unpaired) electrons. The van der Waals surface area contributed by atoms with Gasteiger partial charge in [-0.25, -0.2) is 0 Å². The van der Waals surface area contributed by atoms with Gasteiger partial charge in [0.15, 0.2) is 0 Å². The Balaban J connectivity index is 1.92. The van der Waals surface area contributed by atoms with Gasteiger partial charge in [0.25, 0.3) is 0 Å². The minimum Gasteiger partial charge on any atom is -0.489 e. The van der Waals surface area contributed by atoms with Crippen molar-refractivity contribution in [2.24, 2.45) is 5.73 Å². The molecule has 0 aromatic heterocycles. The molecule has 0 saturated heterocycles. The Hall–Kier alpha value is -1.85. The van der Waals surface area contributed by atoms with Crippen LogP contribution < -0.4 is 10.5 Å². The van der Waals surface area contributed by atoms with Crippen molar-refractivity contribution in [1.29, 1.82) is 0 Å². The number of ether oxygens (including phenoxy) is 1. The zero-order valence-corrected chi connectivity index (χ0v) is 12.9. The molecule has 0 aliphatic rings. The average Bonchev–Trinajstić information content (AvgIpc) is 2.46. The molecule has 2 aromatic carbocycles. The highest BCUT2D eigenvalue weighted by molar-refractivity contribution is 9.10. The van der Waals surface area contributed by atoms with E-state index in [4.69, 9.17) is 15.6 Å². The van der Waals surface area contributed by atoms with Crippen LogP contribution in [-0.2, 0) is 17.8 Å². The van der Waals surface area contributed by atoms with Crippen LogP contribution in [0.25, 0.3) is 0 Å². The van der Waals surface area contributed by atoms with E-state index >= 15 is 0 Å². The lowest BCUT2D eigenvalue weighted by Crippen LogP contribution is -2.32. The summed E-state index contributed by atoms with van der Waals surface area (Å²) in [7, 11) is 0. The highest BCUT2D eigenvalue weighted by Crippen LogP contribution is 2.17. The minimum atomic E-state index is -0.995. The summed E-state index contributed by atoms with van der Waals surface area (Å²) in [6.45, 7) is 0.480. The third-order valence-electron chi connectivity index (χ3n) is 2.99. The van der Waals surface area contributed by atoms with Crippen LogP contribution in [0.1, 0.15) is 11.1 Å². The third kappa shape index (κ3) is 4.88. The van der Waals surface area contributed by atoms with E-state index in [0.29, 0.717) is 13.0 Å². The van der Waals surface area contributed by atoms with Crippen molar-refractivity contribution in [2.45, 2.75) is 19.1 Å². The first kappa shape index (κ1) is 15.5. The molecule has 1 atom stereocenters. The largest absolute Gasteiger partial charge is 0.489 e. The van der Waals surface area contributed by atoms with Crippen LogP contribution in [0, 0.1) is 0 Å². The van der Waals surface area contributed by atoms with Crippen molar-refractivity contribution < 1.29 is 14.6 Å². The lowest BCUT2D eigenvalue weighted by atomic mass is 10.1. The number of halogens is 1. The van der Waals surface area contributed by atoms with E-state index in [2.05, 4.69) is 15.9 Å². The molecular weight excluding hydrogens is 334 g/mol. The van der Waals surface area contributed by atoms with Gasteiger partial charge in [-0.15, -0.1) is 0 Å². The molecule has 0 fully saturated rings. The fraction of sp³-hybridized carbons (Fsp3) is 0.188. The second-order valence-electron chi connectivity index (χ2n) is 4.71. The first-order valence-corrected chi connectivity index (χ1v) is 7.28. The summed E-state index contributed by atoms with van der Waals surface area (Å²) < 4.78 is 6.70. The number of hydrogen-bond donors (Lipinski definition) is 2. The fourth-order valence-electron chi connectivity index (χ4n) is 1.86. The average molecular weight is 350 g/mol. The van der Waals surface area contributed by atoms with Gasteiger partial charge < -0.3 is 15.6 Å². The van der Waals surface area contributed by atoms with Crippen LogP contribution in [0.4, 0.5) is 0 Å². The van der Waals surface area contributed by atoms with E-state index in [1.165, 1.54) is 0 Å². The number of carbonyl (C=O) groups is 1. The molecule has 5 heteroatoms. The maximum absolute atomic E-state index is 10.7. The summed E-state index contributed by atoms with van der Waals surface area (Å²) in [5, 5.41) is 8.78. The van der Waals surface area contributed by atoms with Crippen molar-refractivity contribution in [2.75, 3.05) is 0 Å². The normalized spacial score (nSPS) is 11.9. The molecule has 2 aromatic rings. The monoisotopic (exact) mass is 349 g/mol. The van der Waals surface area contributed by atoms with Gasteiger partial charge in [0, 0.05) is 4.47 Å². The van der Waals surface area contributed by atoms with Gasteiger partial charge >= 0.3 is 5.97 Å². The van der Waals surface area contributed by atoms with Gasteiger partial charge in [-0.05, 0) is 41.8 Å². The summed E-state index contributed by atoms with van der Waals surface area (Å²) in [6.07, 6.45) is 0.307. The molecule has 0 aliphatic heterocycles. The second-order valence-corrected chi connectivity index (χ2v) is 5.63. The first-order valence-electron chi connectivity index (χ1n) is 6.49. The molecule has 0 saturated carbocycles. The summed E-state index contributed by atoms with van der Waals surface area (Å²) in [5.41, 5.74) is 7.45. The lowest BCUT2D eigenvalue weighted by Gasteiger charge is -2.09. The van der Waals surface area contributed by atoms with E-state index in [9.17, 15) is 4.79 Å². The SMILES string of the molecule is NC(Cc1ccc(OCc2cccc(Br)c2)cc1)C(=O)O. The van der Waals surface area contributed by atoms with Gasteiger partial charge in [-0.1, -0.05) is 40.2 Å². The molecule has 0 heterocycles. The van der Waals surface area contributed by atoms with Crippen LogP contribution in [0.5, 0.6) is 5.75 Å². The van der Waals surface area contributed by atoms with Crippen molar-refractivity contribution in [1.82, 2.24) is 0 Å². The van der Waals surface area contributed by atoms with Crippen LogP contribution in [0.3, 0.4) is 0 Å². The number of carboxylic acids is 1. The molecule has 2 rings (SSSR count). The molecule has 0 aliphatic carbocycles. The molecular formula is C16H16BrNO3. The van der Waals surface area contributed by atoms with Crippen LogP contribution in [0.2, 0.25) is 0 Å². The minimum absolute atomic E-state index is 0.307. The predicted molar refractivity (Wildman–Crippen MR) is 84.2 cm³/mol. The highest BCUT2D eigenvalue weighted by Gasteiger charge is 2.11. The number of rotatable bonds is 6. The van der Waals surface area contributed by atoms with E-state index in [0.717, 1.165) is 21.3 Å². The maximum atomic E-state index is 10.7. The zero-order valence-electron chi connectivity index (χ0n) is 11.3. The van der Waals surface area contributed by atoms with Gasteiger partial charge in [0.1, 0.15) is 18.4 Å². The van der Waals surface area contributed by atoms with Crippen molar-refractivity contribution in [3.05, 3.63) is 64.1 Å². The Morgan fingerprint density at radius 2 is 1.90 bits per heavy atom. The number of carboxylic acid groups (broad SMARTS) is 1. The predicted octanol–water partition coefficient (Wildman–Crippen LogP) is 2.98. The quantitative estimate of drug-likeness (QED) is 0.840. The highest BCUT2D eigenvalue weighted by atomic mass is 79.9. The Labute approximate surface area is 131 Å². The third-order valence-corrected chi connectivity index (χ3v) is 3.48. The number of aliphatic carboxylic acids is 1. The molecule has 4 nitrogen and oxygen atoms in total. The van der Waals surface area contributed by atoms with Crippen molar-refractivity contribution >= 4 is 21.9 Å². The molecule has 3 N–H and O–H groups in total. The van der Waals surface area contributed by atoms with E-state index in [-0.39, 0.29) is 0 Å². The van der Waals surface area contributed by atoms with Gasteiger partial charge in [0.05, 0.1) is 0 Å². The summed E-state index contributed by atoms with van der Waals surface area (Å²) in [6, 6.07) is 14.3. The summed E-state index contributed by atoms with van der Waals surface area (Å²) in [4.78, 5) is 10.7. The summed E-state index contributed by atoms with van der Waals surface area (Å²) in [5.74, 6) is -0.257. The topological polar surface area (TPSA) is 72.5 Å². The molecule has 1 unspecified atom stereocenters. The lowest BCUT2D eigenvalue weighted by molar-refractivity contribution is -0.138. The van der Waals surface area contributed by atoms with Crippen LogP contribution in [-0.4, -0.2) is 17.1 Å². The van der Waals surface area contributed by atoms with Crippen LogP contribution in [0.15, 0.2) is 53.0 Å². The number of benzene rings is 2. The molecule has 0 amide bonds. The maximum Gasteiger partial charge on any atom is 0.320 e. The van der Waals surface area contributed by atoms with Gasteiger partial charge in [-0.3, -0.25) is 4.79 Å². The second kappa shape index (κ2) is 7.24. The Kier molecular flexibility index (Phi) is 5.36. The van der Waals surface area contributed by atoms with Crippen LogP contribution >= 0.6 is 15.9 Å². The standard InChI is InChI=1S/C16H16BrNO3/c17-13-3-1-2-12(8-13)10-21-14-6-4-11(5-7-14)9-15(18)16(19)20/h1-8,15H,9-10,18H2,(H,19,20). The van der Waals surface area contributed by atoms with Gasteiger partial charge in [-0.2, -0.15) is 0 Å². The summed E-state index contributed by atoms with van der Waals surface area (Å²) >= 11 is 3.42. The fourth-order valence-corrected chi connectivity index (χ4v) is 2.30. The Morgan fingerprint density at radius 3 is 2.52 bits per heavy atom. The molecule has 21 heavy (non-hydrogen) atoms. The first-order chi connectivity index (χ1) is 10.0. The smallest absolute Gasteiger partial charge is 0.320 e.